The van der Waals surface area contributed by atoms with Crippen molar-refractivity contribution in [1.29, 1.82) is 0 Å². The molecule has 0 amide bonds. The highest BCUT2D eigenvalue weighted by Crippen LogP contribution is 2.31. The number of imidazole rings is 1. The van der Waals surface area contributed by atoms with E-state index in [2.05, 4.69) is 49.1 Å². The van der Waals surface area contributed by atoms with Crippen LogP contribution in [0.4, 0.5) is 5.82 Å². The molecule has 1 aromatic carbocycles. The summed E-state index contributed by atoms with van der Waals surface area (Å²) in [6, 6.07) is 10.6. The van der Waals surface area contributed by atoms with Crippen molar-refractivity contribution < 1.29 is 5.11 Å². The number of aromatic nitrogens is 4. The minimum absolute atomic E-state index is 0.137. The van der Waals surface area contributed by atoms with Crippen molar-refractivity contribution in [3.63, 3.8) is 0 Å². The Labute approximate surface area is 162 Å². The van der Waals surface area contributed by atoms with Crippen molar-refractivity contribution in [2.75, 3.05) is 18.8 Å². The Hall–Kier alpha value is -2.90. The SMILES string of the molecule is Cc1nc2nc(N)cc(-c3cc4cc(CN5CCC(O)CC5)ccc4[nH]3)c2[nH]1. The highest BCUT2D eigenvalue weighted by Gasteiger charge is 2.17. The number of H-pyrrole nitrogens is 2. The third kappa shape index (κ3) is 3.12. The molecule has 0 radical (unpaired) electrons. The standard InChI is InChI=1S/C21H24N6O/c1-12-23-20-16(10-19(22)26-21(20)24-12)18-9-14-8-13(2-3-17(14)25-18)11-27-6-4-15(28)5-7-27/h2-3,8-10,15,25,28H,4-7,11H2,1H3,(H3,22,23,24,26). The number of aryl methyl sites for hydroxylation is 1. The number of hydrogen-bond acceptors (Lipinski definition) is 5. The molecule has 144 valence electrons. The molecule has 7 nitrogen and oxygen atoms in total. The predicted octanol–water partition coefficient (Wildman–Crippen LogP) is 2.95. The second kappa shape index (κ2) is 6.61. The average Bonchev–Trinajstić information content (AvgIpc) is 3.25. The van der Waals surface area contributed by atoms with E-state index in [4.69, 9.17) is 5.73 Å². The maximum atomic E-state index is 9.69. The molecule has 7 heteroatoms. The Morgan fingerprint density at radius 3 is 2.79 bits per heavy atom. The quantitative estimate of drug-likeness (QED) is 0.440. The number of piperidine rings is 1. The minimum Gasteiger partial charge on any atom is -0.393 e. The van der Waals surface area contributed by atoms with Gasteiger partial charge < -0.3 is 20.8 Å². The van der Waals surface area contributed by atoms with Crippen LogP contribution in [0.25, 0.3) is 33.3 Å². The highest BCUT2D eigenvalue weighted by molar-refractivity contribution is 5.95. The van der Waals surface area contributed by atoms with Crippen LogP contribution < -0.4 is 5.73 Å². The second-order valence-electron chi connectivity index (χ2n) is 7.73. The Balaban J connectivity index is 1.49. The lowest BCUT2D eigenvalue weighted by Gasteiger charge is -2.29. The molecule has 0 aliphatic carbocycles. The molecule has 4 heterocycles. The van der Waals surface area contributed by atoms with Crippen LogP contribution in [0.15, 0.2) is 30.3 Å². The molecule has 1 saturated heterocycles. The number of rotatable bonds is 3. The number of nitrogens with zero attached hydrogens (tertiary/aromatic N) is 3. The van der Waals surface area contributed by atoms with Gasteiger partial charge in [0.1, 0.15) is 11.6 Å². The predicted molar refractivity (Wildman–Crippen MR) is 111 cm³/mol. The highest BCUT2D eigenvalue weighted by atomic mass is 16.3. The zero-order valence-corrected chi connectivity index (χ0v) is 15.9. The van der Waals surface area contributed by atoms with Crippen molar-refractivity contribution in [2.24, 2.45) is 0 Å². The van der Waals surface area contributed by atoms with E-state index in [-0.39, 0.29) is 6.10 Å². The van der Waals surface area contributed by atoms with E-state index >= 15 is 0 Å². The Bertz CT molecular complexity index is 1150. The number of nitrogen functional groups attached to an aromatic ring is 1. The number of aliphatic hydroxyl groups excluding tert-OH is 1. The number of likely N-dealkylation sites (tertiary alicyclic amines) is 1. The number of hydrogen-bond donors (Lipinski definition) is 4. The van der Waals surface area contributed by atoms with Crippen molar-refractivity contribution in [1.82, 2.24) is 24.8 Å². The van der Waals surface area contributed by atoms with Gasteiger partial charge in [-0.05, 0) is 49.6 Å². The first kappa shape index (κ1) is 17.2. The number of pyridine rings is 1. The molecule has 0 unspecified atom stereocenters. The smallest absolute Gasteiger partial charge is 0.180 e. The maximum absolute atomic E-state index is 9.69. The van der Waals surface area contributed by atoms with Crippen LogP contribution in [0.3, 0.4) is 0 Å². The van der Waals surface area contributed by atoms with Gasteiger partial charge in [0.15, 0.2) is 5.65 Å². The van der Waals surface area contributed by atoms with Gasteiger partial charge in [0, 0.05) is 41.8 Å². The first-order valence-electron chi connectivity index (χ1n) is 9.70. The minimum atomic E-state index is -0.137. The summed E-state index contributed by atoms with van der Waals surface area (Å²) in [6.07, 6.45) is 1.58. The fourth-order valence-corrected chi connectivity index (χ4v) is 4.10. The van der Waals surface area contributed by atoms with E-state index in [1.807, 2.05) is 13.0 Å². The Morgan fingerprint density at radius 2 is 1.96 bits per heavy atom. The molecule has 4 aromatic rings. The summed E-state index contributed by atoms with van der Waals surface area (Å²) in [6.45, 7) is 4.73. The zero-order valence-electron chi connectivity index (χ0n) is 15.9. The number of fused-ring (bicyclic) bond motifs is 2. The van der Waals surface area contributed by atoms with Crippen LogP contribution in [0.5, 0.6) is 0 Å². The molecule has 1 fully saturated rings. The lowest BCUT2D eigenvalue weighted by atomic mass is 10.1. The van der Waals surface area contributed by atoms with E-state index < -0.39 is 0 Å². The number of nitrogens with two attached hydrogens (primary N) is 1. The third-order valence-corrected chi connectivity index (χ3v) is 5.54. The van der Waals surface area contributed by atoms with Crippen LogP contribution in [-0.4, -0.2) is 49.1 Å². The van der Waals surface area contributed by atoms with Gasteiger partial charge in [-0.1, -0.05) is 6.07 Å². The van der Waals surface area contributed by atoms with Gasteiger partial charge >= 0.3 is 0 Å². The topological polar surface area (TPSA) is 107 Å². The third-order valence-electron chi connectivity index (χ3n) is 5.54. The lowest BCUT2D eigenvalue weighted by Crippen LogP contribution is -2.35. The Kier molecular flexibility index (Phi) is 4.07. The summed E-state index contributed by atoms with van der Waals surface area (Å²) < 4.78 is 0. The number of anilines is 1. The summed E-state index contributed by atoms with van der Waals surface area (Å²) in [5.74, 6) is 1.28. The molecule has 28 heavy (non-hydrogen) atoms. The summed E-state index contributed by atoms with van der Waals surface area (Å²) in [4.78, 5) is 17.9. The number of benzene rings is 1. The molecule has 5 rings (SSSR count). The summed E-state index contributed by atoms with van der Waals surface area (Å²) in [7, 11) is 0. The Morgan fingerprint density at radius 1 is 1.14 bits per heavy atom. The second-order valence-corrected chi connectivity index (χ2v) is 7.73. The average molecular weight is 376 g/mol. The zero-order chi connectivity index (χ0) is 19.3. The molecule has 0 bridgehead atoms. The first-order valence-corrected chi connectivity index (χ1v) is 9.70. The van der Waals surface area contributed by atoms with Gasteiger partial charge in [-0.2, -0.15) is 0 Å². The summed E-state index contributed by atoms with van der Waals surface area (Å²) in [5.41, 5.74) is 11.9. The van der Waals surface area contributed by atoms with Crippen molar-refractivity contribution >= 4 is 27.9 Å². The fraction of sp³-hybridized carbons (Fsp3) is 0.333. The summed E-state index contributed by atoms with van der Waals surface area (Å²) >= 11 is 0. The monoisotopic (exact) mass is 376 g/mol. The van der Waals surface area contributed by atoms with Gasteiger partial charge in [-0.3, -0.25) is 4.90 Å². The molecular weight excluding hydrogens is 352 g/mol. The molecular formula is C21H24N6O. The van der Waals surface area contributed by atoms with E-state index in [1.165, 1.54) is 10.9 Å². The summed E-state index contributed by atoms with van der Waals surface area (Å²) in [5, 5.41) is 10.9. The normalized spacial score (nSPS) is 16.4. The maximum Gasteiger partial charge on any atom is 0.180 e. The van der Waals surface area contributed by atoms with Gasteiger partial charge in [0.05, 0.1) is 11.6 Å². The van der Waals surface area contributed by atoms with Gasteiger partial charge in [0.2, 0.25) is 0 Å². The van der Waals surface area contributed by atoms with E-state index in [1.54, 1.807) is 0 Å². The van der Waals surface area contributed by atoms with E-state index in [0.29, 0.717) is 11.5 Å². The molecule has 1 aliphatic heterocycles. The van der Waals surface area contributed by atoms with Crippen molar-refractivity contribution in [3.8, 4) is 11.3 Å². The van der Waals surface area contributed by atoms with E-state index in [9.17, 15) is 5.11 Å². The van der Waals surface area contributed by atoms with Crippen LogP contribution in [-0.2, 0) is 6.54 Å². The van der Waals surface area contributed by atoms with E-state index in [0.717, 1.165) is 60.6 Å². The van der Waals surface area contributed by atoms with Crippen molar-refractivity contribution in [3.05, 3.63) is 41.7 Å². The number of aromatic amines is 2. The van der Waals surface area contributed by atoms with Crippen molar-refractivity contribution in [2.45, 2.75) is 32.4 Å². The molecule has 1 aliphatic rings. The molecule has 0 spiro atoms. The lowest BCUT2D eigenvalue weighted by molar-refractivity contribution is 0.0792. The fourth-order valence-electron chi connectivity index (χ4n) is 4.10. The van der Waals surface area contributed by atoms with Crippen LogP contribution in [0.2, 0.25) is 0 Å². The molecule has 0 saturated carbocycles. The van der Waals surface area contributed by atoms with Crippen LogP contribution >= 0.6 is 0 Å². The molecule has 5 N–H and O–H groups in total. The van der Waals surface area contributed by atoms with Crippen LogP contribution in [0.1, 0.15) is 24.2 Å². The van der Waals surface area contributed by atoms with Gasteiger partial charge in [-0.15, -0.1) is 0 Å². The van der Waals surface area contributed by atoms with Gasteiger partial charge in [0.25, 0.3) is 0 Å². The molecule has 0 atom stereocenters. The largest absolute Gasteiger partial charge is 0.393 e. The van der Waals surface area contributed by atoms with Crippen LogP contribution in [0, 0.1) is 6.92 Å². The number of nitrogens with one attached hydrogen (secondary N) is 2. The molecule has 3 aromatic heterocycles. The van der Waals surface area contributed by atoms with Gasteiger partial charge in [-0.25, -0.2) is 9.97 Å². The first-order chi connectivity index (χ1) is 13.5. The number of aliphatic hydroxyl groups is 1.